The Morgan fingerprint density at radius 1 is 1.21 bits per heavy atom. The first-order chi connectivity index (χ1) is 8.72. The molecule has 0 aromatic carbocycles. The zero-order valence-electron chi connectivity index (χ0n) is 12.4. The molecule has 0 aliphatic carbocycles. The summed E-state index contributed by atoms with van der Waals surface area (Å²) in [5, 5.41) is 3.15. The van der Waals surface area contributed by atoms with Gasteiger partial charge in [0.05, 0.1) is 12.5 Å². The Hall–Kier alpha value is -0.360. The van der Waals surface area contributed by atoms with Gasteiger partial charge >= 0.3 is 0 Å². The Kier molecular flexibility index (Phi) is 10.2. The predicted octanol–water partition coefficient (Wildman–Crippen LogP) is 0.444. The molecule has 1 fully saturated rings. The van der Waals surface area contributed by atoms with Gasteiger partial charge in [0.15, 0.2) is 0 Å². The normalized spacial score (nSPS) is 14.9. The first-order valence-electron chi connectivity index (χ1n) is 6.93. The second-order valence-corrected chi connectivity index (χ2v) is 4.70. The minimum atomic E-state index is 0. The Labute approximate surface area is 123 Å². The van der Waals surface area contributed by atoms with Crippen molar-refractivity contribution < 1.29 is 9.53 Å². The Bertz CT molecular complexity index is 246. The number of rotatable bonds is 9. The fourth-order valence-electron chi connectivity index (χ4n) is 2.06. The lowest BCUT2D eigenvalue weighted by Gasteiger charge is -2.33. The van der Waals surface area contributed by atoms with Crippen LogP contribution in [0.3, 0.4) is 0 Å². The fourth-order valence-corrected chi connectivity index (χ4v) is 2.06. The molecule has 114 valence electrons. The van der Waals surface area contributed by atoms with E-state index in [1.807, 2.05) is 4.90 Å². The van der Waals surface area contributed by atoms with E-state index in [0.29, 0.717) is 13.2 Å². The number of carbonyl (C=O) groups is 1. The summed E-state index contributed by atoms with van der Waals surface area (Å²) in [4.78, 5) is 16.5. The molecule has 0 unspecified atom stereocenters. The van der Waals surface area contributed by atoms with Gasteiger partial charge in [0.2, 0.25) is 5.91 Å². The van der Waals surface area contributed by atoms with Crippen molar-refractivity contribution >= 4 is 18.3 Å². The SMILES string of the molecule is CCN(CC)CCN(CCOC)C(=O)C1CNC1.Cl. The Balaban J connectivity index is 0.00000324. The van der Waals surface area contributed by atoms with Crippen molar-refractivity contribution in [3.05, 3.63) is 0 Å². The summed E-state index contributed by atoms with van der Waals surface area (Å²) in [6, 6.07) is 0. The van der Waals surface area contributed by atoms with Crippen LogP contribution in [0.25, 0.3) is 0 Å². The lowest BCUT2D eigenvalue weighted by atomic mass is 10.0. The maximum absolute atomic E-state index is 12.2. The second-order valence-electron chi connectivity index (χ2n) is 4.70. The van der Waals surface area contributed by atoms with Gasteiger partial charge in [0, 0.05) is 39.8 Å². The van der Waals surface area contributed by atoms with Crippen LogP contribution in [0.1, 0.15) is 13.8 Å². The topological polar surface area (TPSA) is 44.8 Å². The quantitative estimate of drug-likeness (QED) is 0.670. The van der Waals surface area contributed by atoms with E-state index < -0.39 is 0 Å². The molecule has 1 saturated heterocycles. The molecule has 1 N–H and O–H groups in total. The van der Waals surface area contributed by atoms with E-state index in [4.69, 9.17) is 4.74 Å². The number of amides is 1. The maximum Gasteiger partial charge on any atom is 0.228 e. The molecular formula is C13H28ClN3O2. The van der Waals surface area contributed by atoms with Crippen LogP contribution in [-0.2, 0) is 9.53 Å². The van der Waals surface area contributed by atoms with E-state index in [0.717, 1.165) is 39.3 Å². The van der Waals surface area contributed by atoms with Gasteiger partial charge in [-0.25, -0.2) is 0 Å². The molecule has 1 rings (SSSR count). The van der Waals surface area contributed by atoms with Crippen LogP contribution in [0.15, 0.2) is 0 Å². The van der Waals surface area contributed by atoms with Gasteiger partial charge in [-0.05, 0) is 13.1 Å². The molecule has 1 heterocycles. The number of ether oxygens (including phenoxy) is 1. The maximum atomic E-state index is 12.2. The third-order valence-corrected chi connectivity index (χ3v) is 3.59. The van der Waals surface area contributed by atoms with Gasteiger partial charge in [0.1, 0.15) is 0 Å². The Morgan fingerprint density at radius 3 is 2.26 bits per heavy atom. The minimum absolute atomic E-state index is 0. The highest BCUT2D eigenvalue weighted by molar-refractivity contribution is 5.85. The number of hydrogen-bond acceptors (Lipinski definition) is 4. The van der Waals surface area contributed by atoms with Crippen molar-refractivity contribution in [3.8, 4) is 0 Å². The van der Waals surface area contributed by atoms with E-state index in [-0.39, 0.29) is 24.2 Å². The molecule has 1 aliphatic heterocycles. The van der Waals surface area contributed by atoms with Gasteiger partial charge in [-0.2, -0.15) is 0 Å². The first-order valence-corrected chi connectivity index (χ1v) is 6.93. The molecule has 19 heavy (non-hydrogen) atoms. The zero-order valence-corrected chi connectivity index (χ0v) is 13.2. The molecule has 0 radical (unpaired) electrons. The second kappa shape index (κ2) is 10.4. The first kappa shape index (κ1) is 18.6. The average Bonchev–Trinajstić information content (AvgIpc) is 2.31. The Morgan fingerprint density at radius 2 is 1.84 bits per heavy atom. The molecular weight excluding hydrogens is 266 g/mol. The molecule has 0 aromatic heterocycles. The smallest absolute Gasteiger partial charge is 0.228 e. The van der Waals surface area contributed by atoms with E-state index in [9.17, 15) is 4.79 Å². The summed E-state index contributed by atoms with van der Waals surface area (Å²) >= 11 is 0. The van der Waals surface area contributed by atoms with E-state index in [2.05, 4.69) is 24.1 Å². The fraction of sp³-hybridized carbons (Fsp3) is 0.923. The minimum Gasteiger partial charge on any atom is -0.383 e. The highest BCUT2D eigenvalue weighted by Gasteiger charge is 2.28. The zero-order chi connectivity index (χ0) is 13.4. The highest BCUT2D eigenvalue weighted by Crippen LogP contribution is 2.08. The molecule has 0 bridgehead atoms. The molecule has 0 spiro atoms. The van der Waals surface area contributed by atoms with E-state index in [1.165, 1.54) is 0 Å². The van der Waals surface area contributed by atoms with Crippen molar-refractivity contribution in [2.45, 2.75) is 13.8 Å². The average molecular weight is 294 g/mol. The summed E-state index contributed by atoms with van der Waals surface area (Å²) in [7, 11) is 1.68. The van der Waals surface area contributed by atoms with Gasteiger partial charge < -0.3 is 19.9 Å². The van der Waals surface area contributed by atoms with Crippen molar-refractivity contribution in [1.82, 2.24) is 15.1 Å². The summed E-state index contributed by atoms with van der Waals surface area (Å²) in [5.41, 5.74) is 0. The van der Waals surface area contributed by atoms with Crippen molar-refractivity contribution in [1.29, 1.82) is 0 Å². The van der Waals surface area contributed by atoms with Crippen LogP contribution in [0, 0.1) is 5.92 Å². The number of nitrogens with zero attached hydrogens (tertiary/aromatic N) is 2. The van der Waals surface area contributed by atoms with Crippen molar-refractivity contribution in [2.75, 3.05) is 59.5 Å². The van der Waals surface area contributed by atoms with Gasteiger partial charge in [-0.1, -0.05) is 13.8 Å². The standard InChI is InChI=1S/C13H27N3O2.ClH/c1-4-15(5-2)6-7-16(8-9-18-3)13(17)12-10-14-11-12;/h12,14H,4-11H2,1-3H3;1H. The van der Waals surface area contributed by atoms with E-state index >= 15 is 0 Å². The molecule has 1 amide bonds. The molecule has 0 saturated carbocycles. The van der Waals surface area contributed by atoms with Gasteiger partial charge in [-0.15, -0.1) is 12.4 Å². The molecule has 0 aromatic rings. The highest BCUT2D eigenvalue weighted by atomic mass is 35.5. The molecule has 0 atom stereocenters. The molecule has 5 nitrogen and oxygen atoms in total. The number of hydrogen-bond donors (Lipinski definition) is 1. The number of methoxy groups -OCH3 is 1. The lowest BCUT2D eigenvalue weighted by Crippen LogP contribution is -2.53. The third-order valence-electron chi connectivity index (χ3n) is 3.59. The molecule has 1 aliphatic rings. The van der Waals surface area contributed by atoms with Crippen LogP contribution in [0.4, 0.5) is 0 Å². The lowest BCUT2D eigenvalue weighted by molar-refractivity contribution is -0.138. The van der Waals surface area contributed by atoms with Crippen LogP contribution in [0.2, 0.25) is 0 Å². The van der Waals surface area contributed by atoms with Crippen LogP contribution in [0.5, 0.6) is 0 Å². The van der Waals surface area contributed by atoms with E-state index in [1.54, 1.807) is 7.11 Å². The number of halogens is 1. The van der Waals surface area contributed by atoms with Gasteiger partial charge in [-0.3, -0.25) is 4.79 Å². The number of carbonyl (C=O) groups excluding carboxylic acids is 1. The van der Waals surface area contributed by atoms with Crippen LogP contribution < -0.4 is 5.32 Å². The summed E-state index contributed by atoms with van der Waals surface area (Å²) in [6.45, 7) is 11.1. The van der Waals surface area contributed by atoms with Crippen molar-refractivity contribution in [2.24, 2.45) is 5.92 Å². The third kappa shape index (κ3) is 6.08. The van der Waals surface area contributed by atoms with Gasteiger partial charge in [0.25, 0.3) is 0 Å². The van der Waals surface area contributed by atoms with Crippen LogP contribution in [-0.4, -0.2) is 75.2 Å². The monoisotopic (exact) mass is 293 g/mol. The molecule has 6 heteroatoms. The number of likely N-dealkylation sites (N-methyl/N-ethyl adjacent to an activating group) is 1. The number of nitrogens with one attached hydrogen (secondary N) is 1. The summed E-state index contributed by atoms with van der Waals surface area (Å²) in [5.74, 6) is 0.455. The van der Waals surface area contributed by atoms with Crippen molar-refractivity contribution in [3.63, 3.8) is 0 Å². The predicted molar refractivity (Wildman–Crippen MR) is 79.9 cm³/mol. The summed E-state index contributed by atoms with van der Waals surface area (Å²) in [6.07, 6.45) is 0. The van der Waals surface area contributed by atoms with Crippen LogP contribution >= 0.6 is 12.4 Å². The summed E-state index contributed by atoms with van der Waals surface area (Å²) < 4.78 is 5.09. The largest absolute Gasteiger partial charge is 0.383 e.